The monoisotopic (exact) mass is 332 g/mol. The van der Waals surface area contributed by atoms with Crippen molar-refractivity contribution in [3.63, 3.8) is 0 Å². The van der Waals surface area contributed by atoms with E-state index in [0.717, 1.165) is 36.2 Å². The molecule has 6 nitrogen and oxygen atoms in total. The first-order valence-corrected chi connectivity index (χ1v) is 7.22. The smallest absolute Gasteiger partial charge is 0.158 e. The molecule has 1 saturated heterocycles. The van der Waals surface area contributed by atoms with Crippen LogP contribution in [0.25, 0.3) is 0 Å². The highest BCUT2D eigenvalue weighted by atomic mass is 79.9. The molecule has 2 aromatic rings. The number of anilines is 1. The van der Waals surface area contributed by atoms with Crippen molar-refractivity contribution in [2.45, 2.75) is 18.9 Å². The van der Waals surface area contributed by atoms with E-state index in [1.165, 1.54) is 6.20 Å². The molecule has 3 heterocycles. The van der Waals surface area contributed by atoms with Crippen LogP contribution in [-0.4, -0.2) is 32.8 Å². The van der Waals surface area contributed by atoms with Crippen molar-refractivity contribution in [1.82, 2.24) is 19.7 Å². The first kappa shape index (κ1) is 13.1. The van der Waals surface area contributed by atoms with Gasteiger partial charge in [-0.3, -0.25) is 4.68 Å². The number of nitriles is 1. The van der Waals surface area contributed by atoms with E-state index in [2.05, 4.69) is 35.9 Å². The van der Waals surface area contributed by atoms with Crippen LogP contribution in [0.5, 0.6) is 0 Å². The highest BCUT2D eigenvalue weighted by molar-refractivity contribution is 9.10. The summed E-state index contributed by atoms with van der Waals surface area (Å²) in [5.41, 5.74) is 0.352. The summed E-state index contributed by atoms with van der Waals surface area (Å²) in [7, 11) is 0. The second-order valence-electron chi connectivity index (χ2n) is 4.73. The van der Waals surface area contributed by atoms with Crippen LogP contribution in [0, 0.1) is 11.3 Å². The largest absolute Gasteiger partial charge is 0.355 e. The van der Waals surface area contributed by atoms with Gasteiger partial charge in [0.15, 0.2) is 5.69 Å². The molecule has 3 rings (SSSR count). The number of nitrogens with zero attached hydrogens (tertiary/aromatic N) is 6. The highest BCUT2D eigenvalue weighted by Crippen LogP contribution is 2.25. The number of halogens is 1. The van der Waals surface area contributed by atoms with Gasteiger partial charge < -0.3 is 4.90 Å². The summed E-state index contributed by atoms with van der Waals surface area (Å²) in [6, 6.07) is 2.41. The van der Waals surface area contributed by atoms with E-state index in [0.29, 0.717) is 11.7 Å². The van der Waals surface area contributed by atoms with E-state index in [4.69, 9.17) is 5.26 Å². The maximum atomic E-state index is 8.72. The third kappa shape index (κ3) is 2.65. The lowest BCUT2D eigenvalue weighted by Gasteiger charge is -2.32. The molecule has 1 fully saturated rings. The average Bonchev–Trinajstić information content (AvgIpc) is 2.94. The predicted molar refractivity (Wildman–Crippen MR) is 77.2 cm³/mol. The summed E-state index contributed by atoms with van der Waals surface area (Å²) in [5.74, 6) is 0.837. The SMILES string of the molecule is N#Cc1cnc(N2CCC(n3cc(Br)cn3)CC2)cn1. The Kier molecular flexibility index (Phi) is 3.65. The molecule has 0 saturated carbocycles. The van der Waals surface area contributed by atoms with Crippen LogP contribution in [0.15, 0.2) is 29.3 Å². The Hall–Kier alpha value is -1.94. The molecule has 0 radical (unpaired) electrons. The van der Waals surface area contributed by atoms with Crippen LogP contribution in [0.2, 0.25) is 0 Å². The van der Waals surface area contributed by atoms with Gasteiger partial charge >= 0.3 is 0 Å². The first-order valence-electron chi connectivity index (χ1n) is 6.43. The van der Waals surface area contributed by atoms with Crippen LogP contribution >= 0.6 is 15.9 Å². The van der Waals surface area contributed by atoms with Crippen molar-refractivity contribution >= 4 is 21.7 Å². The first-order chi connectivity index (χ1) is 9.76. The van der Waals surface area contributed by atoms with Gasteiger partial charge in [0.05, 0.1) is 29.1 Å². The molecule has 1 aliphatic heterocycles. The standard InChI is InChI=1S/C13H13BrN6/c14-10-6-18-20(9-10)12-1-3-19(4-2-12)13-8-16-11(5-15)7-17-13/h6-9,12H,1-4H2. The Morgan fingerprint density at radius 3 is 2.55 bits per heavy atom. The zero-order valence-corrected chi connectivity index (χ0v) is 12.4. The van der Waals surface area contributed by atoms with Gasteiger partial charge in [-0.2, -0.15) is 10.4 Å². The van der Waals surface area contributed by atoms with E-state index < -0.39 is 0 Å². The average molecular weight is 333 g/mol. The Bertz CT molecular complexity index is 621. The lowest BCUT2D eigenvalue weighted by Crippen LogP contribution is -2.35. The second-order valence-corrected chi connectivity index (χ2v) is 5.64. The van der Waals surface area contributed by atoms with Gasteiger partial charge in [0.2, 0.25) is 0 Å². The quantitative estimate of drug-likeness (QED) is 0.842. The van der Waals surface area contributed by atoms with Gasteiger partial charge in [-0.1, -0.05) is 0 Å². The molecule has 0 N–H and O–H groups in total. The fourth-order valence-electron chi connectivity index (χ4n) is 2.42. The van der Waals surface area contributed by atoms with E-state index >= 15 is 0 Å². The topological polar surface area (TPSA) is 70.6 Å². The minimum absolute atomic E-state index is 0.352. The zero-order valence-electron chi connectivity index (χ0n) is 10.8. The van der Waals surface area contributed by atoms with Crippen molar-refractivity contribution in [1.29, 1.82) is 5.26 Å². The fourth-order valence-corrected chi connectivity index (χ4v) is 2.72. The van der Waals surface area contributed by atoms with Crippen LogP contribution in [0.1, 0.15) is 24.6 Å². The lowest BCUT2D eigenvalue weighted by molar-refractivity contribution is 0.365. The molecular weight excluding hydrogens is 320 g/mol. The van der Waals surface area contributed by atoms with Gasteiger partial charge in [-0.05, 0) is 28.8 Å². The maximum Gasteiger partial charge on any atom is 0.158 e. The summed E-state index contributed by atoms with van der Waals surface area (Å²) in [6.45, 7) is 1.84. The molecule has 7 heteroatoms. The van der Waals surface area contributed by atoms with Crippen molar-refractivity contribution in [2.24, 2.45) is 0 Å². The van der Waals surface area contributed by atoms with Crippen molar-refractivity contribution in [3.05, 3.63) is 35.0 Å². The molecule has 0 aromatic carbocycles. The van der Waals surface area contributed by atoms with Gasteiger partial charge in [0, 0.05) is 19.3 Å². The molecule has 2 aromatic heterocycles. The van der Waals surface area contributed by atoms with E-state index in [1.807, 2.05) is 23.1 Å². The van der Waals surface area contributed by atoms with E-state index in [1.54, 1.807) is 6.20 Å². The number of rotatable bonds is 2. The van der Waals surface area contributed by atoms with E-state index in [9.17, 15) is 0 Å². The van der Waals surface area contributed by atoms with Gasteiger partial charge in [0.1, 0.15) is 11.9 Å². The Morgan fingerprint density at radius 2 is 2.00 bits per heavy atom. The van der Waals surface area contributed by atoms with Gasteiger partial charge in [-0.25, -0.2) is 9.97 Å². The molecule has 0 bridgehead atoms. The molecule has 20 heavy (non-hydrogen) atoms. The molecule has 0 amide bonds. The van der Waals surface area contributed by atoms with Crippen LogP contribution in [0.4, 0.5) is 5.82 Å². The summed E-state index contributed by atoms with van der Waals surface area (Å²) in [5, 5.41) is 13.1. The molecule has 0 unspecified atom stereocenters. The Balaban J connectivity index is 1.64. The lowest BCUT2D eigenvalue weighted by atomic mass is 10.1. The summed E-state index contributed by atoms with van der Waals surface area (Å²) in [6.07, 6.45) is 9.07. The Labute approximate surface area is 125 Å². The maximum absolute atomic E-state index is 8.72. The van der Waals surface area contributed by atoms with Crippen LogP contribution in [0.3, 0.4) is 0 Å². The molecular formula is C13H13BrN6. The Morgan fingerprint density at radius 1 is 1.20 bits per heavy atom. The molecule has 0 atom stereocenters. The van der Waals surface area contributed by atoms with E-state index in [-0.39, 0.29) is 0 Å². The van der Waals surface area contributed by atoms with Crippen molar-refractivity contribution in [2.75, 3.05) is 18.0 Å². The van der Waals surface area contributed by atoms with Crippen LogP contribution < -0.4 is 4.90 Å². The van der Waals surface area contributed by atoms with Gasteiger partial charge in [0.25, 0.3) is 0 Å². The third-order valence-electron chi connectivity index (χ3n) is 3.49. The molecule has 0 spiro atoms. The number of hydrogen-bond donors (Lipinski definition) is 0. The minimum Gasteiger partial charge on any atom is -0.355 e. The predicted octanol–water partition coefficient (Wildman–Crippen LogP) is 2.15. The summed E-state index contributed by atoms with van der Waals surface area (Å²) >= 11 is 3.42. The van der Waals surface area contributed by atoms with Crippen molar-refractivity contribution in [3.8, 4) is 6.07 Å². The fraction of sp³-hybridized carbons (Fsp3) is 0.385. The third-order valence-corrected chi connectivity index (χ3v) is 3.89. The number of hydrogen-bond acceptors (Lipinski definition) is 5. The summed E-state index contributed by atoms with van der Waals surface area (Å²) < 4.78 is 3.03. The minimum atomic E-state index is 0.352. The number of piperidine rings is 1. The number of aromatic nitrogens is 4. The van der Waals surface area contributed by atoms with Crippen molar-refractivity contribution < 1.29 is 0 Å². The summed E-state index contributed by atoms with van der Waals surface area (Å²) in [4.78, 5) is 10.5. The van der Waals surface area contributed by atoms with Crippen LogP contribution in [-0.2, 0) is 0 Å². The molecule has 0 aliphatic carbocycles. The molecule has 1 aliphatic rings. The normalized spacial score (nSPS) is 16.1. The zero-order chi connectivity index (χ0) is 13.9. The van der Waals surface area contributed by atoms with Gasteiger partial charge in [-0.15, -0.1) is 0 Å². The highest BCUT2D eigenvalue weighted by Gasteiger charge is 2.22. The molecule has 102 valence electrons. The second kappa shape index (κ2) is 5.59.